The molecule has 0 unspecified atom stereocenters. The third-order valence-corrected chi connectivity index (χ3v) is 3.98. The van der Waals surface area contributed by atoms with Gasteiger partial charge in [0.1, 0.15) is 0 Å². The molecule has 27 heavy (non-hydrogen) atoms. The summed E-state index contributed by atoms with van der Waals surface area (Å²) >= 11 is 0. The first kappa shape index (κ1) is 24.9. The van der Waals surface area contributed by atoms with E-state index in [0.717, 1.165) is 12.8 Å². The maximum atomic E-state index is 12.4. The number of rotatable bonds is 14. The molecule has 0 aromatic heterocycles. The van der Waals surface area contributed by atoms with E-state index >= 15 is 0 Å². The van der Waals surface area contributed by atoms with E-state index in [1.807, 2.05) is 6.08 Å². The Balaban J connectivity index is 4.96. The van der Waals surface area contributed by atoms with Gasteiger partial charge in [0.05, 0.1) is 13.2 Å². The van der Waals surface area contributed by atoms with Crippen LogP contribution in [0.3, 0.4) is 0 Å². The van der Waals surface area contributed by atoms with E-state index in [-0.39, 0.29) is 19.6 Å². The zero-order chi connectivity index (χ0) is 20.5. The van der Waals surface area contributed by atoms with Crippen molar-refractivity contribution in [3.8, 4) is 0 Å². The number of nitrogens with one attached hydrogen (secondary N) is 1. The first-order valence-electron chi connectivity index (χ1n) is 9.97. The quantitative estimate of drug-likeness (QED) is 0.214. The van der Waals surface area contributed by atoms with E-state index in [4.69, 9.17) is 9.47 Å². The molecule has 0 bridgehead atoms. The number of unbranched alkanes of at least 4 members (excludes halogenated alkanes) is 6. The van der Waals surface area contributed by atoms with Crippen molar-refractivity contribution in [3.05, 3.63) is 17.9 Å². The largest absolute Gasteiger partial charge is 0.464 e. The highest BCUT2D eigenvalue weighted by Gasteiger charge is 2.49. The van der Waals surface area contributed by atoms with Gasteiger partial charge in [-0.25, -0.2) is 9.59 Å². The molecule has 0 saturated carbocycles. The fraction of sp³-hybridized carbons (Fsp3) is 0.714. The van der Waals surface area contributed by atoms with Crippen LogP contribution in [0.15, 0.2) is 17.9 Å². The number of hydrogen-bond donors (Lipinski definition) is 1. The molecule has 0 aliphatic carbocycles. The topological polar surface area (TPSA) is 81.7 Å². The molecular formula is C21H35NO5. The zero-order valence-electron chi connectivity index (χ0n) is 17.3. The van der Waals surface area contributed by atoms with Crippen LogP contribution in [0.1, 0.15) is 79.1 Å². The third-order valence-electron chi connectivity index (χ3n) is 3.98. The molecule has 0 aromatic carbocycles. The van der Waals surface area contributed by atoms with Crippen molar-refractivity contribution in [1.82, 2.24) is 5.32 Å². The summed E-state index contributed by atoms with van der Waals surface area (Å²) in [5, 5.41) is 2.42. The van der Waals surface area contributed by atoms with Crippen LogP contribution in [0.25, 0.3) is 0 Å². The van der Waals surface area contributed by atoms with Gasteiger partial charge >= 0.3 is 11.9 Å². The number of amides is 1. The molecule has 1 N–H and O–H groups in total. The van der Waals surface area contributed by atoms with E-state index in [2.05, 4.69) is 18.0 Å². The second-order valence-electron chi connectivity index (χ2n) is 6.36. The molecule has 0 atom stereocenters. The van der Waals surface area contributed by atoms with E-state index in [1.54, 1.807) is 19.9 Å². The molecule has 0 aliphatic heterocycles. The van der Waals surface area contributed by atoms with Crippen LogP contribution < -0.4 is 5.32 Å². The van der Waals surface area contributed by atoms with Crippen LogP contribution in [-0.4, -0.2) is 36.6 Å². The first-order valence-corrected chi connectivity index (χ1v) is 9.97. The van der Waals surface area contributed by atoms with Gasteiger partial charge in [0.15, 0.2) is 0 Å². The van der Waals surface area contributed by atoms with Gasteiger partial charge in [-0.1, -0.05) is 39.0 Å². The minimum atomic E-state index is -1.88. The number of esters is 2. The Labute approximate surface area is 163 Å². The van der Waals surface area contributed by atoms with Gasteiger partial charge in [-0.05, 0) is 38.8 Å². The van der Waals surface area contributed by atoms with Crippen molar-refractivity contribution in [2.45, 2.75) is 84.6 Å². The molecule has 0 aliphatic rings. The highest BCUT2D eigenvalue weighted by atomic mass is 16.6. The number of carbonyl (C=O) groups is 3. The van der Waals surface area contributed by atoms with Crippen LogP contribution in [0.4, 0.5) is 0 Å². The Kier molecular flexibility index (Phi) is 13.9. The molecule has 6 heteroatoms. The molecule has 0 spiro atoms. The zero-order valence-corrected chi connectivity index (χ0v) is 17.3. The number of hydrogen-bond acceptors (Lipinski definition) is 5. The van der Waals surface area contributed by atoms with Crippen molar-refractivity contribution >= 4 is 17.8 Å². The average Bonchev–Trinajstić information content (AvgIpc) is 2.62. The van der Waals surface area contributed by atoms with Gasteiger partial charge in [-0.15, -0.1) is 5.73 Å². The van der Waals surface area contributed by atoms with Crippen molar-refractivity contribution in [2.24, 2.45) is 0 Å². The Morgan fingerprint density at radius 3 is 1.96 bits per heavy atom. The summed E-state index contributed by atoms with van der Waals surface area (Å²) in [6, 6.07) is 0. The second kappa shape index (κ2) is 15.0. The highest BCUT2D eigenvalue weighted by Crippen LogP contribution is 2.17. The Morgan fingerprint density at radius 2 is 1.44 bits per heavy atom. The van der Waals surface area contributed by atoms with Crippen LogP contribution in [0.2, 0.25) is 0 Å². The van der Waals surface area contributed by atoms with E-state index in [0.29, 0.717) is 0 Å². The molecule has 0 fully saturated rings. The lowest BCUT2D eigenvalue weighted by Crippen LogP contribution is -2.60. The van der Waals surface area contributed by atoms with Gasteiger partial charge in [-0.3, -0.25) is 4.79 Å². The fourth-order valence-corrected chi connectivity index (χ4v) is 2.62. The minimum Gasteiger partial charge on any atom is -0.464 e. The Bertz CT molecular complexity index is 503. The lowest BCUT2D eigenvalue weighted by molar-refractivity contribution is -0.167. The van der Waals surface area contributed by atoms with Crippen LogP contribution in [-0.2, 0) is 23.9 Å². The summed E-state index contributed by atoms with van der Waals surface area (Å²) in [4.78, 5) is 36.4. The predicted molar refractivity (Wildman–Crippen MR) is 105 cm³/mol. The average molecular weight is 382 g/mol. The van der Waals surface area contributed by atoms with Crippen molar-refractivity contribution in [1.29, 1.82) is 0 Å². The molecule has 0 aromatic rings. The maximum absolute atomic E-state index is 12.4. The fourth-order valence-electron chi connectivity index (χ4n) is 2.62. The molecule has 6 nitrogen and oxygen atoms in total. The SMILES string of the molecule is CCCCCCCCC=C=CCC(NC(C)=O)(C(=O)OCC)C(=O)OCC. The van der Waals surface area contributed by atoms with E-state index in [1.165, 1.54) is 39.0 Å². The van der Waals surface area contributed by atoms with Gasteiger partial charge < -0.3 is 14.8 Å². The summed E-state index contributed by atoms with van der Waals surface area (Å²) in [5.41, 5.74) is 1.12. The second-order valence-corrected chi connectivity index (χ2v) is 6.36. The van der Waals surface area contributed by atoms with Gasteiger partial charge in [-0.2, -0.15) is 0 Å². The third kappa shape index (κ3) is 10.00. The van der Waals surface area contributed by atoms with Gasteiger partial charge in [0.25, 0.3) is 0 Å². The standard InChI is InChI=1S/C21H35NO5/c1-5-8-9-10-11-12-13-14-15-16-17-21(22-18(4)23,19(24)26-6-2)20(25)27-7-3/h14,16H,5-13,17H2,1-4H3,(H,22,23). The van der Waals surface area contributed by atoms with Crippen LogP contribution in [0.5, 0.6) is 0 Å². The Hall–Kier alpha value is -2.07. The molecule has 1 amide bonds. The Morgan fingerprint density at radius 1 is 0.889 bits per heavy atom. The highest BCUT2D eigenvalue weighted by molar-refractivity contribution is 6.07. The van der Waals surface area contributed by atoms with Crippen molar-refractivity contribution < 1.29 is 23.9 Å². The lowest BCUT2D eigenvalue weighted by atomic mass is 9.94. The predicted octanol–water partition coefficient (Wildman–Crippen LogP) is 3.84. The summed E-state index contributed by atoms with van der Waals surface area (Å²) in [7, 11) is 0. The minimum absolute atomic E-state index is 0.0722. The van der Waals surface area contributed by atoms with Crippen LogP contribution >= 0.6 is 0 Å². The van der Waals surface area contributed by atoms with Crippen molar-refractivity contribution in [3.63, 3.8) is 0 Å². The number of carbonyl (C=O) groups excluding carboxylic acids is 3. The van der Waals surface area contributed by atoms with E-state index < -0.39 is 23.4 Å². The molecule has 0 rings (SSSR count). The normalized spacial score (nSPS) is 10.5. The molecule has 0 radical (unpaired) electrons. The summed E-state index contributed by atoms with van der Waals surface area (Å²) in [5.74, 6) is -2.17. The van der Waals surface area contributed by atoms with Gasteiger partial charge in [0.2, 0.25) is 11.4 Å². The maximum Gasteiger partial charge on any atom is 0.344 e. The summed E-state index contributed by atoms with van der Waals surface area (Å²) < 4.78 is 10.0. The number of ether oxygens (including phenoxy) is 2. The smallest absolute Gasteiger partial charge is 0.344 e. The molecule has 0 saturated heterocycles. The summed E-state index contributed by atoms with van der Waals surface area (Å²) in [6.45, 7) is 6.90. The first-order chi connectivity index (χ1) is 12.9. The van der Waals surface area contributed by atoms with E-state index in [9.17, 15) is 14.4 Å². The molecular weight excluding hydrogens is 346 g/mol. The van der Waals surface area contributed by atoms with Crippen LogP contribution in [0, 0.1) is 0 Å². The van der Waals surface area contributed by atoms with Gasteiger partial charge in [0, 0.05) is 13.3 Å². The van der Waals surface area contributed by atoms with Crippen molar-refractivity contribution in [2.75, 3.05) is 13.2 Å². The molecule has 154 valence electrons. The monoisotopic (exact) mass is 381 g/mol. The summed E-state index contributed by atoms with van der Waals surface area (Å²) in [6.07, 6.45) is 11.6. The lowest BCUT2D eigenvalue weighted by Gasteiger charge is -2.28. The molecule has 0 heterocycles.